The molecule has 0 aliphatic heterocycles. The Hall–Kier alpha value is -5.11. The van der Waals surface area contributed by atoms with Crippen LogP contribution in [0.3, 0.4) is 0 Å². The SMILES string of the molecule is Cc1cc(C)c2c(CC(=O)N/N=C3\CCCc4oc(C(=O)NN(c5ccccc5)c5ccccc5)c(C)c43)coc2c1. The Morgan fingerprint density at radius 2 is 1.62 bits per heavy atom. The van der Waals surface area contributed by atoms with Gasteiger partial charge in [-0.25, -0.2) is 5.43 Å². The first-order valence-corrected chi connectivity index (χ1v) is 14.1. The summed E-state index contributed by atoms with van der Waals surface area (Å²) >= 11 is 0. The van der Waals surface area contributed by atoms with Crippen molar-refractivity contribution in [3.05, 3.63) is 118 Å². The van der Waals surface area contributed by atoms with Crippen molar-refractivity contribution in [2.24, 2.45) is 5.10 Å². The number of amides is 2. The Bertz CT molecular complexity index is 1760. The average Bonchev–Trinajstić information content (AvgIpc) is 3.56. The van der Waals surface area contributed by atoms with E-state index in [1.165, 1.54) is 0 Å². The van der Waals surface area contributed by atoms with Crippen molar-refractivity contribution >= 4 is 39.9 Å². The van der Waals surface area contributed by atoms with Crippen LogP contribution in [0.15, 0.2) is 93.0 Å². The lowest BCUT2D eigenvalue weighted by molar-refractivity contribution is -0.120. The number of nitrogens with zero attached hydrogens (tertiary/aromatic N) is 2. The molecule has 6 rings (SSSR count). The van der Waals surface area contributed by atoms with Gasteiger partial charge in [0.25, 0.3) is 0 Å². The van der Waals surface area contributed by atoms with Crippen LogP contribution in [-0.2, 0) is 17.6 Å². The van der Waals surface area contributed by atoms with E-state index >= 15 is 0 Å². The third-order valence-corrected chi connectivity index (χ3v) is 7.53. The average molecular weight is 561 g/mol. The lowest BCUT2D eigenvalue weighted by Crippen LogP contribution is -2.39. The summed E-state index contributed by atoms with van der Waals surface area (Å²) in [6.45, 7) is 5.90. The molecule has 0 radical (unpaired) electrons. The van der Waals surface area contributed by atoms with Crippen LogP contribution >= 0.6 is 0 Å². The summed E-state index contributed by atoms with van der Waals surface area (Å²) in [5, 5.41) is 7.20. The van der Waals surface area contributed by atoms with Gasteiger partial charge in [-0.2, -0.15) is 5.10 Å². The van der Waals surface area contributed by atoms with Gasteiger partial charge in [-0.1, -0.05) is 42.5 Å². The zero-order valence-corrected chi connectivity index (χ0v) is 23.9. The topological polar surface area (TPSA) is 100 Å². The van der Waals surface area contributed by atoms with Crippen molar-refractivity contribution in [3.8, 4) is 0 Å². The van der Waals surface area contributed by atoms with E-state index in [4.69, 9.17) is 8.83 Å². The maximum atomic E-state index is 13.6. The molecule has 3 aromatic carbocycles. The van der Waals surface area contributed by atoms with E-state index in [2.05, 4.69) is 22.0 Å². The third-order valence-electron chi connectivity index (χ3n) is 7.53. The predicted molar refractivity (Wildman–Crippen MR) is 163 cm³/mol. The quantitative estimate of drug-likeness (QED) is 0.213. The van der Waals surface area contributed by atoms with Crippen molar-refractivity contribution in [1.29, 1.82) is 0 Å². The minimum absolute atomic E-state index is 0.146. The summed E-state index contributed by atoms with van der Waals surface area (Å²) in [5.74, 6) is 0.330. The number of para-hydroxylation sites is 2. The van der Waals surface area contributed by atoms with Crippen molar-refractivity contribution in [1.82, 2.24) is 10.9 Å². The molecule has 0 unspecified atom stereocenters. The van der Waals surface area contributed by atoms with Gasteiger partial charge in [-0.05, 0) is 75.1 Å². The maximum Gasteiger partial charge on any atom is 0.306 e. The van der Waals surface area contributed by atoms with Crippen LogP contribution in [0.25, 0.3) is 11.0 Å². The Kier molecular flexibility index (Phi) is 7.35. The second-order valence-electron chi connectivity index (χ2n) is 10.6. The van der Waals surface area contributed by atoms with Crippen molar-refractivity contribution in [3.63, 3.8) is 0 Å². The van der Waals surface area contributed by atoms with Crippen LogP contribution in [0.5, 0.6) is 0 Å². The predicted octanol–water partition coefficient (Wildman–Crippen LogP) is 6.83. The first-order valence-electron chi connectivity index (χ1n) is 14.1. The molecule has 0 saturated carbocycles. The highest BCUT2D eigenvalue weighted by molar-refractivity contribution is 6.07. The van der Waals surface area contributed by atoms with E-state index in [1.807, 2.05) is 87.5 Å². The molecule has 2 N–H and O–H groups in total. The lowest BCUT2D eigenvalue weighted by atomic mass is 9.93. The normalized spacial score (nSPS) is 13.6. The highest BCUT2D eigenvalue weighted by atomic mass is 16.4. The van der Waals surface area contributed by atoms with Crippen LogP contribution in [0, 0.1) is 20.8 Å². The molecule has 0 bridgehead atoms. The van der Waals surface area contributed by atoms with Crippen LogP contribution in [0.2, 0.25) is 0 Å². The molecule has 8 nitrogen and oxygen atoms in total. The molecule has 0 spiro atoms. The number of hydrogen-bond donors (Lipinski definition) is 2. The second-order valence-corrected chi connectivity index (χ2v) is 10.6. The van der Waals surface area contributed by atoms with Gasteiger partial charge in [0.2, 0.25) is 5.91 Å². The largest absolute Gasteiger partial charge is 0.464 e. The van der Waals surface area contributed by atoms with E-state index in [-0.39, 0.29) is 24.0 Å². The Morgan fingerprint density at radius 3 is 2.31 bits per heavy atom. The third kappa shape index (κ3) is 5.31. The fourth-order valence-electron chi connectivity index (χ4n) is 5.68. The monoisotopic (exact) mass is 560 g/mol. The number of carbonyl (C=O) groups excluding carboxylic acids is 2. The first kappa shape index (κ1) is 27.1. The van der Waals surface area contributed by atoms with E-state index in [0.29, 0.717) is 29.9 Å². The van der Waals surface area contributed by atoms with E-state index < -0.39 is 0 Å². The second kappa shape index (κ2) is 11.4. The van der Waals surface area contributed by atoms with Gasteiger partial charge in [0.05, 0.1) is 29.8 Å². The first-order chi connectivity index (χ1) is 20.4. The molecule has 42 heavy (non-hydrogen) atoms. The number of fused-ring (bicyclic) bond motifs is 2. The highest BCUT2D eigenvalue weighted by Gasteiger charge is 2.29. The summed E-state index contributed by atoms with van der Waals surface area (Å²) in [6, 6.07) is 23.3. The number of hydrazone groups is 1. The number of aryl methyl sites for hydroxylation is 3. The number of nitrogens with one attached hydrogen (secondary N) is 2. The Morgan fingerprint density at radius 1 is 0.929 bits per heavy atom. The standard InChI is InChI=1S/C34H32N4O4/c1-21-17-22(2)31-24(20-41-29(31)18-21)19-30(39)36-35-27-15-10-16-28-32(27)23(3)33(42-28)34(40)37-38(25-11-6-4-7-12-25)26-13-8-5-9-14-26/h4-9,11-14,17-18,20H,10,15-16,19H2,1-3H3,(H,36,39)(H,37,40)/b35-27+. The van der Waals surface area contributed by atoms with Gasteiger partial charge < -0.3 is 8.83 Å². The fourth-order valence-corrected chi connectivity index (χ4v) is 5.68. The Labute approximate surface area is 244 Å². The summed E-state index contributed by atoms with van der Waals surface area (Å²) in [7, 11) is 0. The molecule has 1 aliphatic rings. The molecule has 8 heteroatoms. The van der Waals surface area contributed by atoms with E-state index in [0.717, 1.165) is 51.0 Å². The molecule has 0 saturated heterocycles. The van der Waals surface area contributed by atoms with Crippen LogP contribution in [0.1, 0.15) is 57.0 Å². The van der Waals surface area contributed by atoms with Crippen molar-refractivity contribution in [2.45, 2.75) is 46.5 Å². The lowest BCUT2D eigenvalue weighted by Gasteiger charge is -2.25. The summed E-state index contributed by atoms with van der Waals surface area (Å²) in [4.78, 5) is 26.5. The molecule has 212 valence electrons. The van der Waals surface area contributed by atoms with Crippen molar-refractivity contribution < 1.29 is 18.4 Å². The van der Waals surface area contributed by atoms with Gasteiger partial charge in [0.15, 0.2) is 5.76 Å². The van der Waals surface area contributed by atoms with E-state index in [9.17, 15) is 9.59 Å². The maximum absolute atomic E-state index is 13.6. The zero-order valence-electron chi connectivity index (χ0n) is 23.9. The molecular weight excluding hydrogens is 528 g/mol. The van der Waals surface area contributed by atoms with Gasteiger partial charge in [0.1, 0.15) is 11.3 Å². The van der Waals surface area contributed by atoms with Crippen LogP contribution in [0.4, 0.5) is 11.4 Å². The minimum Gasteiger partial charge on any atom is -0.464 e. The summed E-state index contributed by atoms with van der Waals surface area (Å²) in [5.41, 5.74) is 13.3. The van der Waals surface area contributed by atoms with Gasteiger partial charge >= 0.3 is 5.91 Å². The number of anilines is 2. The van der Waals surface area contributed by atoms with Gasteiger partial charge in [0, 0.05) is 28.5 Å². The van der Waals surface area contributed by atoms with E-state index in [1.54, 1.807) is 11.3 Å². The van der Waals surface area contributed by atoms with Crippen molar-refractivity contribution in [2.75, 3.05) is 5.01 Å². The molecule has 1 aliphatic carbocycles. The number of carbonyl (C=O) groups is 2. The number of hydrogen-bond acceptors (Lipinski definition) is 6. The Balaban J connectivity index is 1.22. The fraction of sp³-hybridized carbons (Fsp3) is 0.206. The van der Waals surface area contributed by atoms with Gasteiger partial charge in [-0.3, -0.25) is 20.0 Å². The number of hydrazine groups is 1. The summed E-state index contributed by atoms with van der Waals surface area (Å²) in [6.07, 6.45) is 3.95. The van der Waals surface area contributed by atoms with Crippen LogP contribution < -0.4 is 15.9 Å². The molecular formula is C34H32N4O4. The molecule has 2 heterocycles. The molecule has 0 atom stereocenters. The highest BCUT2D eigenvalue weighted by Crippen LogP contribution is 2.31. The number of furan rings is 2. The summed E-state index contributed by atoms with van der Waals surface area (Å²) < 4.78 is 11.8. The number of benzene rings is 3. The number of rotatable bonds is 7. The van der Waals surface area contributed by atoms with Gasteiger partial charge in [-0.15, -0.1) is 0 Å². The molecule has 2 aromatic heterocycles. The minimum atomic E-state index is -0.365. The molecule has 2 amide bonds. The zero-order chi connectivity index (χ0) is 29.2. The smallest absolute Gasteiger partial charge is 0.306 e. The molecule has 5 aromatic rings. The molecule has 0 fully saturated rings. The van der Waals surface area contributed by atoms with Crippen LogP contribution in [-0.4, -0.2) is 17.5 Å².